The van der Waals surface area contributed by atoms with Crippen LogP contribution in [-0.2, 0) is 0 Å². The fourth-order valence-corrected chi connectivity index (χ4v) is 2.69. The maximum Gasteiger partial charge on any atom is 0.213 e. The second kappa shape index (κ2) is 5.40. The van der Waals surface area contributed by atoms with Crippen LogP contribution in [0, 0.1) is 5.92 Å². The summed E-state index contributed by atoms with van der Waals surface area (Å²) >= 11 is 1.76. The number of methoxy groups -OCH3 is 1. The van der Waals surface area contributed by atoms with E-state index in [1.165, 1.54) is 0 Å². The van der Waals surface area contributed by atoms with E-state index in [1.54, 1.807) is 25.1 Å². The molecule has 1 aliphatic rings. The summed E-state index contributed by atoms with van der Waals surface area (Å²) in [4.78, 5) is 8.78. The molecule has 0 spiro atoms. The highest BCUT2D eigenvalue weighted by Gasteiger charge is 2.20. The Morgan fingerprint density at radius 1 is 1.47 bits per heavy atom. The number of aliphatic imine (C=N–C) groups is 1. The van der Waals surface area contributed by atoms with Crippen molar-refractivity contribution >= 4 is 22.6 Å². The number of hydrogen-bond donors (Lipinski definition) is 1. The summed E-state index contributed by atoms with van der Waals surface area (Å²) in [7, 11) is 1.61. The molecule has 4 nitrogen and oxygen atoms in total. The Hall–Kier alpha value is -1.23. The SMILES string of the molecule is COc1ccc(NC2=NC(C(C)C)CS2)cn1. The Kier molecular flexibility index (Phi) is 3.89. The van der Waals surface area contributed by atoms with Crippen LogP contribution < -0.4 is 10.1 Å². The number of hydrogen-bond acceptors (Lipinski definition) is 5. The fraction of sp³-hybridized carbons (Fsp3) is 0.500. The van der Waals surface area contributed by atoms with Gasteiger partial charge in [0.1, 0.15) is 0 Å². The Balaban J connectivity index is 1.99. The summed E-state index contributed by atoms with van der Waals surface area (Å²) in [5.41, 5.74) is 0.946. The van der Waals surface area contributed by atoms with Crippen molar-refractivity contribution in [3.05, 3.63) is 18.3 Å². The van der Waals surface area contributed by atoms with Crippen LogP contribution in [0.25, 0.3) is 0 Å². The molecule has 1 atom stereocenters. The molecule has 0 fully saturated rings. The number of aromatic nitrogens is 1. The zero-order valence-corrected chi connectivity index (χ0v) is 11.1. The van der Waals surface area contributed by atoms with Crippen molar-refractivity contribution in [1.29, 1.82) is 0 Å². The number of anilines is 1. The molecule has 0 radical (unpaired) electrons. The molecule has 1 N–H and O–H groups in total. The Morgan fingerprint density at radius 2 is 2.29 bits per heavy atom. The number of pyridine rings is 1. The monoisotopic (exact) mass is 251 g/mol. The molecule has 5 heteroatoms. The highest BCUT2D eigenvalue weighted by molar-refractivity contribution is 8.14. The van der Waals surface area contributed by atoms with Gasteiger partial charge in [-0.1, -0.05) is 25.6 Å². The topological polar surface area (TPSA) is 46.5 Å². The number of thioether (sulfide) groups is 1. The van der Waals surface area contributed by atoms with Crippen molar-refractivity contribution in [2.24, 2.45) is 10.9 Å². The van der Waals surface area contributed by atoms with Crippen molar-refractivity contribution in [2.45, 2.75) is 19.9 Å². The highest BCUT2D eigenvalue weighted by Crippen LogP contribution is 2.24. The Labute approximate surface area is 106 Å². The van der Waals surface area contributed by atoms with E-state index in [0.29, 0.717) is 17.8 Å². The molecule has 1 aliphatic heterocycles. The Bertz CT molecular complexity index is 403. The molecule has 92 valence electrons. The summed E-state index contributed by atoms with van der Waals surface area (Å²) in [6.07, 6.45) is 1.75. The van der Waals surface area contributed by atoms with Gasteiger partial charge in [-0.05, 0) is 12.0 Å². The van der Waals surface area contributed by atoms with Gasteiger partial charge >= 0.3 is 0 Å². The third-order valence-electron chi connectivity index (χ3n) is 2.64. The lowest BCUT2D eigenvalue weighted by molar-refractivity contribution is 0.398. The summed E-state index contributed by atoms with van der Waals surface area (Å²) in [5, 5.41) is 4.25. The van der Waals surface area contributed by atoms with Crippen LogP contribution in [-0.4, -0.2) is 29.1 Å². The van der Waals surface area contributed by atoms with E-state index in [0.717, 1.165) is 16.6 Å². The molecule has 0 bridgehead atoms. The van der Waals surface area contributed by atoms with Gasteiger partial charge in [0, 0.05) is 11.8 Å². The van der Waals surface area contributed by atoms with E-state index in [1.807, 2.05) is 12.1 Å². The molecule has 2 rings (SSSR count). The minimum Gasteiger partial charge on any atom is -0.481 e. The summed E-state index contributed by atoms with van der Waals surface area (Å²) < 4.78 is 5.01. The smallest absolute Gasteiger partial charge is 0.213 e. The third-order valence-corrected chi connectivity index (χ3v) is 3.63. The molecule has 17 heavy (non-hydrogen) atoms. The van der Waals surface area contributed by atoms with Gasteiger partial charge in [0.15, 0.2) is 5.17 Å². The predicted octanol–water partition coefficient (Wildman–Crippen LogP) is 2.63. The van der Waals surface area contributed by atoms with Gasteiger partial charge < -0.3 is 10.1 Å². The van der Waals surface area contributed by atoms with Crippen molar-refractivity contribution < 1.29 is 4.74 Å². The van der Waals surface area contributed by atoms with Gasteiger partial charge in [-0.3, -0.25) is 4.99 Å². The van der Waals surface area contributed by atoms with Crippen LogP contribution in [0.2, 0.25) is 0 Å². The van der Waals surface area contributed by atoms with Crippen LogP contribution in [0.5, 0.6) is 5.88 Å². The molecule has 2 heterocycles. The van der Waals surface area contributed by atoms with Crippen LogP contribution in [0.4, 0.5) is 5.69 Å². The minimum absolute atomic E-state index is 0.425. The van der Waals surface area contributed by atoms with E-state index in [2.05, 4.69) is 29.1 Å². The lowest BCUT2D eigenvalue weighted by Crippen LogP contribution is -2.12. The summed E-state index contributed by atoms with van der Waals surface area (Å²) in [6, 6.07) is 4.20. The van der Waals surface area contributed by atoms with Gasteiger partial charge in [-0.25, -0.2) is 4.98 Å². The first-order valence-electron chi connectivity index (χ1n) is 5.66. The largest absolute Gasteiger partial charge is 0.481 e. The van der Waals surface area contributed by atoms with Gasteiger partial charge in [0.2, 0.25) is 5.88 Å². The number of nitrogens with one attached hydrogen (secondary N) is 1. The zero-order valence-electron chi connectivity index (χ0n) is 10.3. The molecule has 1 aromatic rings. The molecule has 1 unspecified atom stereocenters. The molecule has 0 aliphatic carbocycles. The summed E-state index contributed by atoms with van der Waals surface area (Å²) in [6.45, 7) is 4.40. The number of amidine groups is 1. The molecular weight excluding hydrogens is 234 g/mol. The molecule has 1 aromatic heterocycles. The number of nitrogens with zero attached hydrogens (tertiary/aromatic N) is 2. The van der Waals surface area contributed by atoms with Gasteiger partial charge in [-0.2, -0.15) is 0 Å². The Morgan fingerprint density at radius 3 is 2.82 bits per heavy atom. The van der Waals surface area contributed by atoms with Crippen molar-refractivity contribution in [1.82, 2.24) is 4.98 Å². The normalized spacial score (nSPS) is 19.3. The summed E-state index contributed by atoms with van der Waals surface area (Å²) in [5.74, 6) is 2.27. The highest BCUT2D eigenvalue weighted by atomic mass is 32.2. The predicted molar refractivity (Wildman–Crippen MR) is 72.9 cm³/mol. The van der Waals surface area contributed by atoms with Crippen LogP contribution in [0.3, 0.4) is 0 Å². The van der Waals surface area contributed by atoms with Crippen molar-refractivity contribution in [3.8, 4) is 5.88 Å². The average molecular weight is 251 g/mol. The van der Waals surface area contributed by atoms with Crippen molar-refractivity contribution in [2.75, 3.05) is 18.2 Å². The number of rotatable bonds is 3. The standard InChI is InChI=1S/C12H17N3OS/c1-8(2)10-7-17-12(15-10)14-9-4-5-11(16-3)13-6-9/h4-6,8,10H,7H2,1-3H3,(H,14,15). The second-order valence-corrected chi connectivity index (χ2v) is 5.28. The van der Waals surface area contributed by atoms with E-state index in [9.17, 15) is 0 Å². The van der Waals surface area contributed by atoms with E-state index in [-0.39, 0.29) is 0 Å². The maximum absolute atomic E-state index is 5.01. The first kappa shape index (κ1) is 12.2. The fourth-order valence-electron chi connectivity index (χ4n) is 1.50. The van der Waals surface area contributed by atoms with E-state index < -0.39 is 0 Å². The molecular formula is C12H17N3OS. The zero-order chi connectivity index (χ0) is 12.3. The third kappa shape index (κ3) is 3.12. The molecule has 0 aromatic carbocycles. The van der Waals surface area contributed by atoms with Gasteiger partial charge in [0.05, 0.1) is 25.0 Å². The van der Waals surface area contributed by atoms with Gasteiger partial charge in [-0.15, -0.1) is 0 Å². The van der Waals surface area contributed by atoms with E-state index in [4.69, 9.17) is 4.74 Å². The molecule has 0 saturated carbocycles. The van der Waals surface area contributed by atoms with Gasteiger partial charge in [0.25, 0.3) is 0 Å². The lowest BCUT2D eigenvalue weighted by atomic mass is 10.1. The first-order valence-corrected chi connectivity index (χ1v) is 6.65. The average Bonchev–Trinajstić information content (AvgIpc) is 2.79. The first-order chi connectivity index (χ1) is 8.19. The van der Waals surface area contributed by atoms with E-state index >= 15 is 0 Å². The van der Waals surface area contributed by atoms with Crippen molar-refractivity contribution in [3.63, 3.8) is 0 Å². The minimum atomic E-state index is 0.425. The maximum atomic E-state index is 5.01. The molecule has 0 saturated heterocycles. The second-order valence-electron chi connectivity index (χ2n) is 4.27. The van der Waals surface area contributed by atoms with Crippen LogP contribution >= 0.6 is 11.8 Å². The van der Waals surface area contributed by atoms with Crippen LogP contribution in [0.15, 0.2) is 23.3 Å². The quantitative estimate of drug-likeness (QED) is 0.897. The molecule has 0 amide bonds. The lowest BCUT2D eigenvalue weighted by Gasteiger charge is -2.08. The van der Waals surface area contributed by atoms with Crippen LogP contribution in [0.1, 0.15) is 13.8 Å². The number of ether oxygens (including phenoxy) is 1.